The fourth-order valence-electron chi connectivity index (χ4n) is 2.29. The number of hydrogen-bond acceptors (Lipinski definition) is 7. The lowest BCUT2D eigenvalue weighted by molar-refractivity contribution is -0.384. The molecular formula is C19H27N3O7. The molecule has 0 saturated heterocycles. The average Bonchev–Trinajstić information content (AvgIpc) is 2.64. The van der Waals surface area contributed by atoms with Crippen molar-refractivity contribution in [2.75, 3.05) is 14.2 Å². The summed E-state index contributed by atoms with van der Waals surface area (Å²) in [6, 6.07) is 3.68. The number of rotatable bonds is 7. The van der Waals surface area contributed by atoms with Crippen LogP contribution in [0.5, 0.6) is 0 Å². The van der Waals surface area contributed by atoms with Gasteiger partial charge < -0.3 is 14.8 Å². The van der Waals surface area contributed by atoms with Gasteiger partial charge in [0.05, 0.1) is 12.0 Å². The molecule has 1 rings (SSSR count). The van der Waals surface area contributed by atoms with Gasteiger partial charge in [-0.2, -0.15) is 0 Å². The number of ether oxygens (including phenoxy) is 2. The van der Waals surface area contributed by atoms with Crippen LogP contribution in [0, 0.1) is 10.1 Å². The van der Waals surface area contributed by atoms with E-state index >= 15 is 0 Å². The second-order valence-electron chi connectivity index (χ2n) is 7.48. The Morgan fingerprint density at radius 1 is 1.21 bits per heavy atom. The molecule has 0 aliphatic carbocycles. The fraction of sp³-hybridized carbons (Fsp3) is 0.526. The number of nitrogens with one attached hydrogen (secondary N) is 1. The number of non-ortho nitro benzene ring substituents is 1. The van der Waals surface area contributed by atoms with E-state index in [1.165, 1.54) is 45.3 Å². The average molecular weight is 409 g/mol. The molecule has 160 valence electrons. The summed E-state index contributed by atoms with van der Waals surface area (Å²) in [6.07, 6.45) is -0.607. The number of nitrogens with zero attached hydrogens (tertiary/aromatic N) is 2. The molecule has 29 heavy (non-hydrogen) atoms. The van der Waals surface area contributed by atoms with E-state index in [1.807, 2.05) is 0 Å². The molecule has 10 nitrogen and oxygen atoms in total. The van der Waals surface area contributed by atoms with Crippen LogP contribution in [-0.2, 0) is 25.5 Å². The topological polar surface area (TPSA) is 128 Å². The predicted molar refractivity (Wildman–Crippen MR) is 104 cm³/mol. The minimum atomic E-state index is -1.02. The smallest absolute Gasteiger partial charge is 0.410 e. The molecule has 0 aliphatic heterocycles. The molecule has 1 aromatic rings. The maximum absolute atomic E-state index is 12.6. The van der Waals surface area contributed by atoms with Crippen LogP contribution in [0.4, 0.5) is 10.5 Å². The molecular weight excluding hydrogens is 382 g/mol. The van der Waals surface area contributed by atoms with Crippen LogP contribution in [-0.4, -0.2) is 59.6 Å². The Bertz CT molecular complexity index is 756. The SMILES string of the molecule is COC(=O)C(Cc1ccc([N+](=O)[O-])cc1)NC(=O)C(C)N(C)C(=O)OC(C)(C)C. The van der Waals surface area contributed by atoms with Gasteiger partial charge in [-0.3, -0.25) is 19.8 Å². The Kier molecular flexibility index (Phi) is 8.11. The van der Waals surface area contributed by atoms with Crippen LogP contribution < -0.4 is 5.32 Å². The molecule has 0 spiro atoms. The van der Waals surface area contributed by atoms with Crippen molar-refractivity contribution in [2.45, 2.75) is 51.8 Å². The molecule has 0 aromatic heterocycles. The third kappa shape index (κ3) is 7.40. The number of esters is 1. The number of carbonyl (C=O) groups is 3. The van der Waals surface area contributed by atoms with Gasteiger partial charge in [0.2, 0.25) is 5.91 Å². The summed E-state index contributed by atoms with van der Waals surface area (Å²) in [5.74, 6) is -1.25. The van der Waals surface area contributed by atoms with Gasteiger partial charge in [0, 0.05) is 25.6 Å². The summed E-state index contributed by atoms with van der Waals surface area (Å²) in [5, 5.41) is 13.3. The van der Waals surface area contributed by atoms with E-state index in [9.17, 15) is 24.5 Å². The summed E-state index contributed by atoms with van der Waals surface area (Å²) in [7, 11) is 2.61. The summed E-state index contributed by atoms with van der Waals surface area (Å²) in [5.41, 5.74) is -0.203. The van der Waals surface area contributed by atoms with E-state index in [0.29, 0.717) is 5.56 Å². The molecule has 0 heterocycles. The number of hydrogen-bond donors (Lipinski definition) is 1. The van der Waals surface area contributed by atoms with Crippen LogP contribution in [0.15, 0.2) is 24.3 Å². The minimum absolute atomic E-state index is 0.0687. The van der Waals surface area contributed by atoms with Crippen LogP contribution in [0.1, 0.15) is 33.3 Å². The highest BCUT2D eigenvalue weighted by Gasteiger charge is 2.30. The number of nitro benzene ring substituents is 1. The fourth-order valence-corrected chi connectivity index (χ4v) is 2.29. The zero-order chi connectivity index (χ0) is 22.4. The first-order valence-corrected chi connectivity index (χ1v) is 8.93. The predicted octanol–water partition coefficient (Wildman–Crippen LogP) is 2.05. The first kappa shape index (κ1) is 23.9. The van der Waals surface area contributed by atoms with Crippen molar-refractivity contribution in [1.82, 2.24) is 10.2 Å². The van der Waals surface area contributed by atoms with Crippen molar-refractivity contribution >= 4 is 23.7 Å². The second kappa shape index (κ2) is 9.85. The lowest BCUT2D eigenvalue weighted by Crippen LogP contribution is -2.52. The Hall–Kier alpha value is -3.17. The largest absolute Gasteiger partial charge is 0.467 e. The van der Waals surface area contributed by atoms with Crippen molar-refractivity contribution < 1.29 is 28.8 Å². The molecule has 10 heteroatoms. The quantitative estimate of drug-likeness (QED) is 0.415. The van der Waals surface area contributed by atoms with Crippen molar-refractivity contribution in [2.24, 2.45) is 0 Å². The molecule has 2 atom stereocenters. The Balaban J connectivity index is 2.86. The van der Waals surface area contributed by atoms with E-state index in [4.69, 9.17) is 9.47 Å². The normalized spacial score (nSPS) is 13.0. The number of amides is 2. The summed E-state index contributed by atoms with van der Waals surface area (Å²) < 4.78 is 9.96. The zero-order valence-electron chi connectivity index (χ0n) is 17.4. The molecule has 0 bridgehead atoms. The molecule has 0 saturated carbocycles. The van der Waals surface area contributed by atoms with Crippen LogP contribution >= 0.6 is 0 Å². The molecule has 0 aliphatic rings. The zero-order valence-corrected chi connectivity index (χ0v) is 17.4. The van der Waals surface area contributed by atoms with E-state index < -0.39 is 40.6 Å². The number of likely N-dealkylation sites (N-methyl/N-ethyl adjacent to an activating group) is 1. The van der Waals surface area contributed by atoms with Crippen LogP contribution in [0.3, 0.4) is 0 Å². The third-order valence-electron chi connectivity index (χ3n) is 4.03. The van der Waals surface area contributed by atoms with Gasteiger partial charge in [0.25, 0.3) is 5.69 Å². The summed E-state index contributed by atoms with van der Waals surface area (Å²) in [6.45, 7) is 6.63. The standard InChI is InChI=1S/C19H27N3O7/c1-12(21(5)18(25)29-19(2,3)4)16(23)20-15(17(24)28-6)11-13-7-9-14(10-8-13)22(26)27/h7-10,12,15H,11H2,1-6H3,(H,20,23). The summed E-state index contributed by atoms with van der Waals surface area (Å²) >= 11 is 0. The van der Waals surface area contributed by atoms with Gasteiger partial charge in [0.15, 0.2) is 0 Å². The van der Waals surface area contributed by atoms with Gasteiger partial charge in [-0.25, -0.2) is 9.59 Å². The molecule has 1 aromatic carbocycles. The highest BCUT2D eigenvalue weighted by molar-refractivity contribution is 5.89. The highest BCUT2D eigenvalue weighted by Crippen LogP contribution is 2.14. The highest BCUT2D eigenvalue weighted by atomic mass is 16.6. The minimum Gasteiger partial charge on any atom is -0.467 e. The maximum Gasteiger partial charge on any atom is 0.410 e. The number of nitro groups is 1. The first-order valence-electron chi connectivity index (χ1n) is 8.93. The van der Waals surface area contributed by atoms with E-state index in [1.54, 1.807) is 20.8 Å². The monoisotopic (exact) mass is 409 g/mol. The van der Waals surface area contributed by atoms with Gasteiger partial charge in [0.1, 0.15) is 17.7 Å². The number of benzene rings is 1. The Morgan fingerprint density at radius 2 is 1.76 bits per heavy atom. The van der Waals surface area contributed by atoms with Crippen LogP contribution in [0.25, 0.3) is 0 Å². The van der Waals surface area contributed by atoms with Gasteiger partial charge in [-0.1, -0.05) is 12.1 Å². The Labute approximate surface area is 169 Å². The molecule has 0 radical (unpaired) electrons. The number of methoxy groups -OCH3 is 1. The first-order chi connectivity index (χ1) is 13.4. The van der Waals surface area contributed by atoms with Crippen molar-refractivity contribution in [3.8, 4) is 0 Å². The van der Waals surface area contributed by atoms with Gasteiger partial charge in [-0.15, -0.1) is 0 Å². The van der Waals surface area contributed by atoms with Crippen molar-refractivity contribution in [3.63, 3.8) is 0 Å². The second-order valence-corrected chi connectivity index (χ2v) is 7.48. The van der Waals surface area contributed by atoms with Crippen molar-refractivity contribution in [3.05, 3.63) is 39.9 Å². The third-order valence-corrected chi connectivity index (χ3v) is 4.03. The van der Waals surface area contributed by atoms with Gasteiger partial charge in [-0.05, 0) is 33.3 Å². The molecule has 2 amide bonds. The molecule has 2 unspecified atom stereocenters. The number of carbonyl (C=O) groups excluding carboxylic acids is 3. The van der Waals surface area contributed by atoms with Gasteiger partial charge >= 0.3 is 12.1 Å². The lowest BCUT2D eigenvalue weighted by Gasteiger charge is -2.29. The lowest BCUT2D eigenvalue weighted by atomic mass is 10.0. The van der Waals surface area contributed by atoms with E-state index in [0.717, 1.165) is 4.90 Å². The summed E-state index contributed by atoms with van der Waals surface area (Å²) in [4.78, 5) is 48.1. The van der Waals surface area contributed by atoms with E-state index in [2.05, 4.69) is 5.32 Å². The van der Waals surface area contributed by atoms with E-state index in [-0.39, 0.29) is 12.1 Å². The maximum atomic E-state index is 12.6. The van der Waals surface area contributed by atoms with Crippen LogP contribution in [0.2, 0.25) is 0 Å². The Morgan fingerprint density at radius 3 is 2.21 bits per heavy atom. The van der Waals surface area contributed by atoms with Crippen molar-refractivity contribution in [1.29, 1.82) is 0 Å². The molecule has 0 fully saturated rings. The molecule has 1 N–H and O–H groups in total.